The highest BCUT2D eigenvalue weighted by Crippen LogP contribution is 2.41. The van der Waals surface area contributed by atoms with Crippen molar-refractivity contribution in [2.75, 3.05) is 0 Å². The summed E-state index contributed by atoms with van der Waals surface area (Å²) in [6, 6.07) is 6.91. The van der Waals surface area contributed by atoms with Crippen LogP contribution in [0.2, 0.25) is 0 Å². The van der Waals surface area contributed by atoms with Gasteiger partial charge < -0.3 is 5.32 Å². The van der Waals surface area contributed by atoms with Gasteiger partial charge in [-0.25, -0.2) is 4.39 Å². The van der Waals surface area contributed by atoms with Gasteiger partial charge in [0.2, 0.25) is 0 Å². The molecule has 1 atom stereocenters. The Hall–Kier alpha value is -1.82. The first kappa shape index (κ1) is 11.3. The van der Waals surface area contributed by atoms with E-state index in [1.807, 2.05) is 12.1 Å². The molecule has 1 unspecified atom stereocenters. The standard InChI is InChI=1S/C12H14FN5/c13-10-5-3-9(4-6-10)12(8-1-2-8)14-7-11-15-17-18-16-11/h3-6,8,12,14H,1-2,7H2,(H,15,16,17,18). The molecular formula is C12H14FN5. The average Bonchev–Trinajstić information content (AvgIpc) is 3.08. The van der Waals surface area contributed by atoms with Gasteiger partial charge in [-0.15, -0.1) is 10.2 Å². The topological polar surface area (TPSA) is 66.5 Å². The maximum atomic E-state index is 12.9. The second-order valence-corrected chi connectivity index (χ2v) is 4.58. The summed E-state index contributed by atoms with van der Waals surface area (Å²) < 4.78 is 12.9. The van der Waals surface area contributed by atoms with E-state index in [0.29, 0.717) is 18.3 Å². The van der Waals surface area contributed by atoms with Crippen LogP contribution in [0.3, 0.4) is 0 Å². The molecule has 1 aliphatic rings. The number of aromatic nitrogens is 4. The zero-order valence-electron chi connectivity index (χ0n) is 9.81. The van der Waals surface area contributed by atoms with Crippen molar-refractivity contribution in [1.82, 2.24) is 25.9 Å². The number of tetrazole rings is 1. The van der Waals surface area contributed by atoms with Gasteiger partial charge >= 0.3 is 0 Å². The summed E-state index contributed by atoms with van der Waals surface area (Å²) in [6.07, 6.45) is 2.42. The summed E-state index contributed by atoms with van der Waals surface area (Å²) in [6.45, 7) is 0.565. The van der Waals surface area contributed by atoms with Crippen LogP contribution in [0.15, 0.2) is 24.3 Å². The SMILES string of the molecule is Fc1ccc(C(NCc2nn[nH]n2)C2CC2)cc1. The quantitative estimate of drug-likeness (QED) is 0.841. The lowest BCUT2D eigenvalue weighted by atomic mass is 10.0. The predicted molar refractivity (Wildman–Crippen MR) is 62.9 cm³/mol. The van der Waals surface area contributed by atoms with E-state index in [1.54, 1.807) is 0 Å². The van der Waals surface area contributed by atoms with Crippen molar-refractivity contribution in [3.8, 4) is 0 Å². The molecule has 2 aromatic rings. The highest BCUT2D eigenvalue weighted by Gasteiger charge is 2.32. The number of hydrogen-bond acceptors (Lipinski definition) is 4. The molecule has 0 spiro atoms. The van der Waals surface area contributed by atoms with E-state index in [9.17, 15) is 4.39 Å². The second-order valence-electron chi connectivity index (χ2n) is 4.58. The Balaban J connectivity index is 1.70. The summed E-state index contributed by atoms with van der Waals surface area (Å²) in [5, 5.41) is 17.2. The van der Waals surface area contributed by atoms with Gasteiger partial charge in [0.25, 0.3) is 0 Å². The van der Waals surface area contributed by atoms with Crippen LogP contribution in [-0.2, 0) is 6.54 Å². The summed E-state index contributed by atoms with van der Waals surface area (Å²) in [5.41, 5.74) is 1.11. The molecule has 0 amide bonds. The first-order valence-corrected chi connectivity index (χ1v) is 6.04. The third kappa shape index (κ3) is 2.53. The van der Waals surface area contributed by atoms with Gasteiger partial charge in [0.15, 0.2) is 5.82 Å². The van der Waals surface area contributed by atoms with Crippen molar-refractivity contribution in [2.24, 2.45) is 5.92 Å². The first-order valence-electron chi connectivity index (χ1n) is 6.04. The Labute approximate surface area is 104 Å². The van der Waals surface area contributed by atoms with Crippen molar-refractivity contribution >= 4 is 0 Å². The normalized spacial score (nSPS) is 16.7. The van der Waals surface area contributed by atoms with Crippen LogP contribution >= 0.6 is 0 Å². The Morgan fingerprint density at radius 3 is 2.72 bits per heavy atom. The van der Waals surface area contributed by atoms with Crippen molar-refractivity contribution in [2.45, 2.75) is 25.4 Å². The molecule has 0 aliphatic heterocycles. The molecule has 5 nitrogen and oxygen atoms in total. The molecule has 18 heavy (non-hydrogen) atoms. The molecule has 0 radical (unpaired) electrons. The summed E-state index contributed by atoms with van der Waals surface area (Å²) >= 11 is 0. The number of aromatic amines is 1. The van der Waals surface area contributed by atoms with Crippen molar-refractivity contribution in [1.29, 1.82) is 0 Å². The number of benzene rings is 1. The van der Waals surface area contributed by atoms with Crippen LogP contribution in [0, 0.1) is 11.7 Å². The summed E-state index contributed by atoms with van der Waals surface area (Å²) in [5.74, 6) is 1.07. The van der Waals surface area contributed by atoms with Gasteiger partial charge in [-0.3, -0.25) is 0 Å². The van der Waals surface area contributed by atoms with Crippen LogP contribution < -0.4 is 5.32 Å². The van der Waals surface area contributed by atoms with Gasteiger partial charge in [0.05, 0.1) is 6.54 Å². The van der Waals surface area contributed by atoms with E-state index < -0.39 is 0 Å². The van der Waals surface area contributed by atoms with Crippen LogP contribution in [0.25, 0.3) is 0 Å². The van der Waals surface area contributed by atoms with E-state index in [1.165, 1.54) is 25.0 Å². The molecule has 1 fully saturated rings. The molecule has 1 aromatic heterocycles. The van der Waals surface area contributed by atoms with E-state index in [2.05, 4.69) is 25.9 Å². The maximum absolute atomic E-state index is 12.9. The molecule has 1 heterocycles. The zero-order chi connectivity index (χ0) is 12.4. The highest BCUT2D eigenvalue weighted by atomic mass is 19.1. The van der Waals surface area contributed by atoms with Gasteiger partial charge in [0, 0.05) is 6.04 Å². The molecule has 3 rings (SSSR count). The van der Waals surface area contributed by atoms with Crippen LogP contribution in [0.1, 0.15) is 30.3 Å². The number of hydrogen-bond donors (Lipinski definition) is 2. The second kappa shape index (κ2) is 4.81. The lowest BCUT2D eigenvalue weighted by molar-refractivity contribution is 0.471. The van der Waals surface area contributed by atoms with E-state index in [-0.39, 0.29) is 11.9 Å². The van der Waals surface area contributed by atoms with Gasteiger partial charge in [0.1, 0.15) is 5.82 Å². The van der Waals surface area contributed by atoms with Crippen LogP contribution in [0.4, 0.5) is 4.39 Å². The number of nitrogens with one attached hydrogen (secondary N) is 2. The van der Waals surface area contributed by atoms with Gasteiger partial charge in [-0.05, 0) is 36.5 Å². The lowest BCUT2D eigenvalue weighted by Gasteiger charge is -2.17. The average molecular weight is 247 g/mol. The van der Waals surface area contributed by atoms with E-state index >= 15 is 0 Å². The zero-order valence-corrected chi connectivity index (χ0v) is 9.81. The van der Waals surface area contributed by atoms with Gasteiger partial charge in [-0.1, -0.05) is 17.3 Å². The minimum absolute atomic E-state index is 0.202. The maximum Gasteiger partial charge on any atom is 0.188 e. The lowest BCUT2D eigenvalue weighted by Crippen LogP contribution is -2.23. The molecular weight excluding hydrogens is 233 g/mol. The number of H-pyrrole nitrogens is 1. The fraction of sp³-hybridized carbons (Fsp3) is 0.417. The third-order valence-corrected chi connectivity index (χ3v) is 3.19. The smallest absolute Gasteiger partial charge is 0.188 e. The number of nitrogens with zero attached hydrogens (tertiary/aromatic N) is 3. The van der Waals surface area contributed by atoms with E-state index in [4.69, 9.17) is 0 Å². The minimum atomic E-state index is -0.202. The minimum Gasteiger partial charge on any atom is -0.303 e. The number of rotatable bonds is 5. The molecule has 1 aliphatic carbocycles. The fourth-order valence-corrected chi connectivity index (χ4v) is 2.11. The molecule has 0 saturated heterocycles. The molecule has 1 saturated carbocycles. The molecule has 0 bridgehead atoms. The van der Waals surface area contributed by atoms with E-state index in [0.717, 1.165) is 5.56 Å². The van der Waals surface area contributed by atoms with Crippen molar-refractivity contribution < 1.29 is 4.39 Å². The Morgan fingerprint density at radius 2 is 2.11 bits per heavy atom. The summed E-state index contributed by atoms with van der Waals surface area (Å²) in [4.78, 5) is 0. The van der Waals surface area contributed by atoms with Crippen LogP contribution in [-0.4, -0.2) is 20.6 Å². The molecule has 2 N–H and O–H groups in total. The Kier molecular flexibility index (Phi) is 3.02. The Morgan fingerprint density at radius 1 is 1.33 bits per heavy atom. The fourth-order valence-electron chi connectivity index (χ4n) is 2.11. The van der Waals surface area contributed by atoms with Crippen molar-refractivity contribution in [3.63, 3.8) is 0 Å². The van der Waals surface area contributed by atoms with Crippen LogP contribution in [0.5, 0.6) is 0 Å². The Bertz CT molecular complexity index is 492. The largest absolute Gasteiger partial charge is 0.303 e. The molecule has 1 aromatic carbocycles. The molecule has 6 heteroatoms. The number of halogens is 1. The monoisotopic (exact) mass is 247 g/mol. The summed E-state index contributed by atoms with van der Waals surface area (Å²) in [7, 11) is 0. The highest BCUT2D eigenvalue weighted by molar-refractivity contribution is 5.22. The molecule has 94 valence electrons. The van der Waals surface area contributed by atoms with Crippen molar-refractivity contribution in [3.05, 3.63) is 41.5 Å². The van der Waals surface area contributed by atoms with Gasteiger partial charge in [-0.2, -0.15) is 5.21 Å². The third-order valence-electron chi connectivity index (χ3n) is 3.19. The first-order chi connectivity index (χ1) is 8.83. The predicted octanol–water partition coefficient (Wildman–Crippen LogP) is 1.58.